The van der Waals surface area contributed by atoms with Gasteiger partial charge in [-0.1, -0.05) is 72.8 Å². The number of hydrogen-bond acceptors (Lipinski definition) is 1. The molecule has 1 aliphatic carbocycles. The van der Waals surface area contributed by atoms with E-state index in [-0.39, 0.29) is 6.71 Å². The minimum absolute atomic E-state index is 0.223. The van der Waals surface area contributed by atoms with Gasteiger partial charge in [0.05, 0.1) is 5.52 Å². The molecule has 0 radical (unpaired) electrons. The lowest BCUT2D eigenvalue weighted by Gasteiger charge is -2.38. The summed E-state index contributed by atoms with van der Waals surface area (Å²) in [6.45, 7) is 0.223. The fourth-order valence-corrected chi connectivity index (χ4v) is 6.78. The van der Waals surface area contributed by atoms with Crippen LogP contribution in [-0.2, 0) is 0 Å². The monoisotopic (exact) mass is 448 g/mol. The van der Waals surface area contributed by atoms with Crippen LogP contribution < -0.4 is 21.4 Å². The van der Waals surface area contributed by atoms with E-state index in [2.05, 4.69) is 113 Å². The van der Waals surface area contributed by atoms with Gasteiger partial charge in [0.2, 0.25) is 0 Å². The molecule has 0 saturated heterocycles. The summed E-state index contributed by atoms with van der Waals surface area (Å²) in [6, 6.07) is 35.9. The third-order valence-corrected chi connectivity index (χ3v) is 8.12. The Balaban J connectivity index is 1.50. The minimum Gasteiger partial charge on any atom is -0.321 e. The van der Waals surface area contributed by atoms with Gasteiger partial charge in [-0.15, -0.1) is 0 Å². The molecule has 5 aromatic rings. The third kappa shape index (κ3) is 2.56. The van der Waals surface area contributed by atoms with Crippen molar-refractivity contribution < 1.29 is 0 Å². The molecule has 1 aromatic heterocycles. The number of aromatic nitrogens is 1. The summed E-state index contributed by atoms with van der Waals surface area (Å²) in [4.78, 5) is 2.57. The topological polar surface area (TPSA) is 8.17 Å². The number of para-hydroxylation sites is 3. The molecular weight excluding hydrogens is 423 g/mol. The predicted molar refractivity (Wildman–Crippen MR) is 148 cm³/mol. The van der Waals surface area contributed by atoms with E-state index >= 15 is 0 Å². The lowest BCUT2D eigenvalue weighted by molar-refractivity contribution is 0.691. The highest BCUT2D eigenvalue weighted by Gasteiger charge is 2.45. The standard InChI is InChI=1S/C32H25BN2/c1-3-12-22(13-4-1)34-28-20-10-8-18-26(28)33-31-25(17-11-21-29(31)34)30-24-16-7-9-19-27(24)35(32(30)33)23-14-5-2-6-15-23/h2,5-12,14-21H,1,3-4,13H2. The summed E-state index contributed by atoms with van der Waals surface area (Å²) in [5.74, 6) is 0. The number of rotatable bonds is 2. The maximum Gasteiger partial charge on any atom is 0.269 e. The molecule has 0 saturated carbocycles. The van der Waals surface area contributed by atoms with E-state index in [4.69, 9.17) is 0 Å². The lowest BCUT2D eigenvalue weighted by Crippen LogP contribution is -2.57. The summed E-state index contributed by atoms with van der Waals surface area (Å²) in [6.07, 6.45) is 7.37. The number of benzene rings is 4. The lowest BCUT2D eigenvalue weighted by atomic mass is 9.38. The molecule has 0 spiro atoms. The van der Waals surface area contributed by atoms with Crippen LogP contribution in [0.2, 0.25) is 0 Å². The van der Waals surface area contributed by atoms with E-state index in [1.165, 1.54) is 80.6 Å². The van der Waals surface area contributed by atoms with Crippen LogP contribution in [0, 0.1) is 0 Å². The molecule has 4 aromatic carbocycles. The molecule has 0 amide bonds. The van der Waals surface area contributed by atoms with E-state index in [1.807, 2.05) is 0 Å². The molecule has 0 atom stereocenters. The fraction of sp³-hybridized carbons (Fsp3) is 0.125. The maximum absolute atomic E-state index is 2.57. The highest BCUT2D eigenvalue weighted by Crippen LogP contribution is 2.42. The van der Waals surface area contributed by atoms with Gasteiger partial charge < -0.3 is 9.47 Å². The van der Waals surface area contributed by atoms with E-state index < -0.39 is 0 Å². The first kappa shape index (κ1) is 19.3. The summed E-state index contributed by atoms with van der Waals surface area (Å²) in [5, 5.41) is 1.34. The van der Waals surface area contributed by atoms with Crippen molar-refractivity contribution in [1.82, 2.24) is 4.57 Å². The first-order valence-electron chi connectivity index (χ1n) is 12.8. The van der Waals surface area contributed by atoms with Crippen LogP contribution in [0.15, 0.2) is 109 Å². The molecule has 0 N–H and O–H groups in total. The van der Waals surface area contributed by atoms with Crippen LogP contribution in [-0.4, -0.2) is 11.3 Å². The Morgan fingerprint density at radius 2 is 1.49 bits per heavy atom. The zero-order valence-electron chi connectivity index (χ0n) is 19.6. The third-order valence-electron chi connectivity index (χ3n) is 8.12. The highest BCUT2D eigenvalue weighted by atomic mass is 15.2. The van der Waals surface area contributed by atoms with E-state index in [9.17, 15) is 0 Å². The summed E-state index contributed by atoms with van der Waals surface area (Å²) >= 11 is 0. The number of anilines is 2. The molecule has 3 heteroatoms. The molecule has 0 bridgehead atoms. The zero-order valence-corrected chi connectivity index (χ0v) is 19.6. The first-order chi connectivity index (χ1) is 17.4. The summed E-state index contributed by atoms with van der Waals surface area (Å²) in [7, 11) is 0. The van der Waals surface area contributed by atoms with E-state index in [1.54, 1.807) is 0 Å². The van der Waals surface area contributed by atoms with Crippen molar-refractivity contribution in [2.75, 3.05) is 4.90 Å². The summed E-state index contributed by atoms with van der Waals surface area (Å²) in [5.41, 5.74) is 13.8. The Hall–Kier alpha value is -3.98. The molecule has 3 aliphatic rings. The fourth-order valence-electron chi connectivity index (χ4n) is 6.78. The average Bonchev–Trinajstić information content (AvgIpc) is 3.44. The van der Waals surface area contributed by atoms with E-state index in [0.717, 1.165) is 6.42 Å². The molecule has 166 valence electrons. The predicted octanol–water partition coefficient (Wildman–Crippen LogP) is 6.04. The molecular formula is C32H25BN2. The van der Waals surface area contributed by atoms with Crippen molar-refractivity contribution in [3.05, 3.63) is 109 Å². The van der Waals surface area contributed by atoms with Crippen LogP contribution in [0.3, 0.4) is 0 Å². The molecule has 3 heterocycles. The Kier molecular flexibility index (Phi) is 4.01. The van der Waals surface area contributed by atoms with Gasteiger partial charge in [0, 0.05) is 39.3 Å². The maximum atomic E-state index is 2.57. The minimum atomic E-state index is 0.223. The van der Waals surface area contributed by atoms with Crippen molar-refractivity contribution in [3.8, 4) is 16.8 Å². The summed E-state index contributed by atoms with van der Waals surface area (Å²) < 4.78 is 2.52. The van der Waals surface area contributed by atoms with Crippen LogP contribution >= 0.6 is 0 Å². The average molecular weight is 448 g/mol. The molecule has 0 unspecified atom stereocenters. The Bertz CT molecular complexity index is 1660. The second-order valence-electron chi connectivity index (χ2n) is 9.96. The SMILES string of the molecule is C1=C(N2c3ccccc3B3c4c(cccc42)-c2c3n(-c3ccccc3)c3ccccc23)CCCC1. The molecule has 2 aliphatic heterocycles. The molecule has 0 fully saturated rings. The normalized spacial score (nSPS) is 15.6. The van der Waals surface area contributed by atoms with Crippen LogP contribution in [0.1, 0.15) is 25.7 Å². The number of hydrogen-bond donors (Lipinski definition) is 0. The second-order valence-corrected chi connectivity index (χ2v) is 9.96. The number of fused-ring (bicyclic) bond motifs is 7. The van der Waals surface area contributed by atoms with E-state index in [0.29, 0.717) is 0 Å². The van der Waals surface area contributed by atoms with Crippen LogP contribution in [0.5, 0.6) is 0 Å². The van der Waals surface area contributed by atoms with Crippen LogP contribution in [0.4, 0.5) is 11.4 Å². The highest BCUT2D eigenvalue weighted by molar-refractivity contribution is 7.01. The van der Waals surface area contributed by atoms with Gasteiger partial charge in [-0.3, -0.25) is 0 Å². The zero-order chi connectivity index (χ0) is 22.9. The van der Waals surface area contributed by atoms with Gasteiger partial charge in [-0.2, -0.15) is 0 Å². The Morgan fingerprint density at radius 3 is 2.37 bits per heavy atom. The Morgan fingerprint density at radius 1 is 0.686 bits per heavy atom. The van der Waals surface area contributed by atoms with Crippen molar-refractivity contribution in [1.29, 1.82) is 0 Å². The van der Waals surface area contributed by atoms with Gasteiger partial charge in [0.25, 0.3) is 6.71 Å². The van der Waals surface area contributed by atoms with Gasteiger partial charge in [0.15, 0.2) is 0 Å². The van der Waals surface area contributed by atoms with Crippen LogP contribution in [0.25, 0.3) is 27.7 Å². The number of nitrogens with zero attached hydrogens (tertiary/aromatic N) is 2. The van der Waals surface area contributed by atoms with Crippen molar-refractivity contribution in [2.24, 2.45) is 0 Å². The number of allylic oxidation sites excluding steroid dienone is 2. The second kappa shape index (κ2) is 7.26. The quantitative estimate of drug-likeness (QED) is 0.294. The molecule has 2 nitrogen and oxygen atoms in total. The van der Waals surface area contributed by atoms with Gasteiger partial charge in [-0.05, 0) is 72.5 Å². The first-order valence-corrected chi connectivity index (χ1v) is 12.8. The molecule has 35 heavy (non-hydrogen) atoms. The smallest absolute Gasteiger partial charge is 0.269 e. The van der Waals surface area contributed by atoms with Gasteiger partial charge in [0.1, 0.15) is 0 Å². The van der Waals surface area contributed by atoms with Crippen molar-refractivity contribution >= 4 is 45.5 Å². The van der Waals surface area contributed by atoms with Crippen molar-refractivity contribution in [3.63, 3.8) is 0 Å². The molecule has 8 rings (SSSR count). The Labute approximate surface area is 206 Å². The van der Waals surface area contributed by atoms with Crippen molar-refractivity contribution in [2.45, 2.75) is 25.7 Å². The van der Waals surface area contributed by atoms with Gasteiger partial charge in [-0.25, -0.2) is 0 Å². The van der Waals surface area contributed by atoms with Gasteiger partial charge >= 0.3 is 0 Å². The largest absolute Gasteiger partial charge is 0.321 e.